The van der Waals surface area contributed by atoms with Gasteiger partial charge in [0.15, 0.2) is 0 Å². The molecule has 1 rings (SSSR count). The second-order valence-electron chi connectivity index (χ2n) is 6.12. The van der Waals surface area contributed by atoms with Crippen LogP contribution in [0.15, 0.2) is 24.3 Å². The largest absolute Gasteiger partial charge is 0.461 e. The average molecular weight is 338 g/mol. The second kappa shape index (κ2) is 8.85. The van der Waals surface area contributed by atoms with Crippen molar-refractivity contribution in [3.8, 4) is 0 Å². The lowest BCUT2D eigenvalue weighted by atomic mass is 10.2. The van der Waals surface area contributed by atoms with Crippen LogP contribution in [0.4, 0.5) is 10.5 Å². The van der Waals surface area contributed by atoms with Gasteiger partial charge in [-0.2, -0.15) is 0 Å². The van der Waals surface area contributed by atoms with Gasteiger partial charge in [-0.15, -0.1) is 0 Å². The number of rotatable bonds is 7. The normalized spacial score (nSPS) is 10.8. The summed E-state index contributed by atoms with van der Waals surface area (Å²) in [5.74, 6) is -0.403. The van der Waals surface area contributed by atoms with E-state index >= 15 is 0 Å². The summed E-state index contributed by atoms with van der Waals surface area (Å²) < 4.78 is 10.1. The predicted octanol–water partition coefficient (Wildman–Crippen LogP) is 2.94. The molecule has 0 saturated carbocycles. The Morgan fingerprint density at radius 2 is 1.83 bits per heavy atom. The number of carbonyl (C=O) groups excluding carboxylic acids is 2. The molecule has 0 aromatic heterocycles. The van der Waals surface area contributed by atoms with Crippen molar-refractivity contribution in [1.82, 2.24) is 5.32 Å². The Hall–Kier alpha value is -2.64. The minimum atomic E-state index is -0.562. The maximum atomic E-state index is 11.6. The molecular weight excluding hydrogens is 316 g/mol. The van der Waals surface area contributed by atoms with Crippen molar-refractivity contribution < 1.29 is 24.0 Å². The Morgan fingerprint density at radius 1 is 1.21 bits per heavy atom. The topological polar surface area (TPSA) is 108 Å². The molecule has 1 aromatic rings. The predicted molar refractivity (Wildman–Crippen MR) is 86.4 cm³/mol. The van der Waals surface area contributed by atoms with Gasteiger partial charge in [0.1, 0.15) is 12.2 Å². The molecule has 0 spiro atoms. The molecule has 0 unspecified atom stereocenters. The number of nitrogens with one attached hydrogen (secondary N) is 1. The molecule has 1 N–H and O–H groups in total. The molecule has 0 atom stereocenters. The van der Waals surface area contributed by atoms with E-state index in [1.807, 2.05) is 0 Å². The lowest BCUT2D eigenvalue weighted by molar-refractivity contribution is -0.384. The number of nitrogens with zero attached hydrogens (tertiary/aromatic N) is 1. The number of amides is 1. The fraction of sp³-hybridized carbons (Fsp3) is 0.500. The number of benzene rings is 1. The number of ether oxygens (including phenoxy) is 2. The summed E-state index contributed by atoms with van der Waals surface area (Å²) in [6.07, 6.45) is 0.0583. The highest BCUT2D eigenvalue weighted by atomic mass is 16.6. The summed E-state index contributed by atoms with van der Waals surface area (Å²) in [6.45, 7) is 5.66. The number of hydrogen-bond donors (Lipinski definition) is 1. The molecule has 24 heavy (non-hydrogen) atoms. The van der Waals surface area contributed by atoms with Gasteiger partial charge in [0.05, 0.1) is 4.92 Å². The average Bonchev–Trinajstić information content (AvgIpc) is 2.48. The summed E-state index contributed by atoms with van der Waals surface area (Å²) in [4.78, 5) is 33.0. The Bertz CT molecular complexity index is 577. The van der Waals surface area contributed by atoms with Crippen molar-refractivity contribution >= 4 is 17.7 Å². The van der Waals surface area contributed by atoms with Gasteiger partial charge in [0.2, 0.25) is 0 Å². The molecule has 0 aliphatic rings. The van der Waals surface area contributed by atoms with Crippen LogP contribution in [0, 0.1) is 10.1 Å². The standard InChI is InChI=1S/C16H22N2O6/c1-16(2,3)24-15(20)17-10-4-5-14(19)23-11-12-6-8-13(9-7-12)18(21)22/h6-9H,4-5,10-11H2,1-3H3,(H,17,20). The summed E-state index contributed by atoms with van der Waals surface area (Å²) >= 11 is 0. The minimum absolute atomic E-state index is 0.0155. The number of alkyl carbamates (subject to hydrolysis) is 1. The first kappa shape index (κ1) is 19.4. The van der Waals surface area contributed by atoms with Crippen molar-refractivity contribution in [1.29, 1.82) is 0 Å². The quantitative estimate of drug-likeness (QED) is 0.354. The molecule has 0 saturated heterocycles. The second-order valence-corrected chi connectivity index (χ2v) is 6.12. The summed E-state index contributed by atoms with van der Waals surface area (Å²) in [5, 5.41) is 13.1. The van der Waals surface area contributed by atoms with Crippen LogP contribution in [0.2, 0.25) is 0 Å². The zero-order valence-corrected chi connectivity index (χ0v) is 14.0. The number of hydrogen-bond acceptors (Lipinski definition) is 6. The van der Waals surface area contributed by atoms with Gasteiger partial charge < -0.3 is 14.8 Å². The van der Waals surface area contributed by atoms with E-state index in [1.54, 1.807) is 20.8 Å². The highest BCUT2D eigenvalue weighted by Gasteiger charge is 2.15. The maximum Gasteiger partial charge on any atom is 0.407 e. The minimum Gasteiger partial charge on any atom is -0.461 e. The molecule has 1 amide bonds. The van der Waals surface area contributed by atoms with Crippen LogP contribution in [0.1, 0.15) is 39.2 Å². The summed E-state index contributed by atoms with van der Waals surface area (Å²) in [6, 6.07) is 5.78. The highest BCUT2D eigenvalue weighted by Crippen LogP contribution is 2.12. The number of nitro groups is 1. The maximum absolute atomic E-state index is 11.6. The smallest absolute Gasteiger partial charge is 0.407 e. The fourth-order valence-electron chi connectivity index (χ4n) is 1.69. The van der Waals surface area contributed by atoms with Crippen LogP contribution in [-0.4, -0.2) is 29.1 Å². The van der Waals surface area contributed by atoms with Gasteiger partial charge in [-0.25, -0.2) is 4.79 Å². The van der Waals surface area contributed by atoms with Gasteiger partial charge >= 0.3 is 12.1 Å². The third-order valence-corrected chi connectivity index (χ3v) is 2.77. The van der Waals surface area contributed by atoms with Crippen molar-refractivity contribution in [3.63, 3.8) is 0 Å². The number of non-ortho nitro benzene ring substituents is 1. The fourth-order valence-corrected chi connectivity index (χ4v) is 1.69. The first-order valence-electron chi connectivity index (χ1n) is 7.53. The Kier molecular flexibility index (Phi) is 7.16. The van der Waals surface area contributed by atoms with E-state index in [0.717, 1.165) is 0 Å². The molecule has 0 radical (unpaired) electrons. The van der Waals surface area contributed by atoms with Crippen LogP contribution in [0.3, 0.4) is 0 Å². The molecule has 0 fully saturated rings. The van der Waals surface area contributed by atoms with Gasteiger partial charge in [-0.3, -0.25) is 14.9 Å². The Balaban J connectivity index is 2.20. The van der Waals surface area contributed by atoms with Crippen LogP contribution >= 0.6 is 0 Å². The van der Waals surface area contributed by atoms with Gasteiger partial charge in [0.25, 0.3) is 5.69 Å². The molecule has 132 valence electrons. The van der Waals surface area contributed by atoms with Crippen molar-refractivity contribution in [3.05, 3.63) is 39.9 Å². The Labute approximate surface area is 140 Å². The number of esters is 1. The lowest BCUT2D eigenvalue weighted by Crippen LogP contribution is -2.33. The van der Waals surface area contributed by atoms with Crippen molar-refractivity contribution in [2.24, 2.45) is 0 Å². The Morgan fingerprint density at radius 3 is 2.38 bits per heavy atom. The monoisotopic (exact) mass is 338 g/mol. The first-order valence-corrected chi connectivity index (χ1v) is 7.53. The van der Waals surface area contributed by atoms with E-state index in [0.29, 0.717) is 18.5 Å². The van der Waals surface area contributed by atoms with Gasteiger partial charge in [-0.1, -0.05) is 0 Å². The van der Waals surface area contributed by atoms with E-state index < -0.39 is 22.6 Å². The van der Waals surface area contributed by atoms with Gasteiger partial charge in [-0.05, 0) is 44.9 Å². The molecular formula is C16H22N2O6. The number of nitro benzene ring substituents is 1. The van der Waals surface area contributed by atoms with Crippen LogP contribution in [0.5, 0.6) is 0 Å². The zero-order chi connectivity index (χ0) is 18.2. The molecule has 0 heterocycles. The van der Waals surface area contributed by atoms with Crippen molar-refractivity contribution in [2.75, 3.05) is 6.54 Å². The third kappa shape index (κ3) is 8.11. The summed E-state index contributed by atoms with van der Waals surface area (Å²) in [7, 11) is 0. The van der Waals surface area contributed by atoms with E-state index in [4.69, 9.17) is 9.47 Å². The molecule has 0 aliphatic heterocycles. The van der Waals surface area contributed by atoms with E-state index in [1.165, 1.54) is 24.3 Å². The lowest BCUT2D eigenvalue weighted by Gasteiger charge is -2.19. The molecule has 0 aliphatic carbocycles. The van der Waals surface area contributed by atoms with E-state index in [-0.39, 0.29) is 18.7 Å². The molecule has 8 heteroatoms. The highest BCUT2D eigenvalue weighted by molar-refractivity contribution is 5.70. The van der Waals surface area contributed by atoms with Crippen LogP contribution < -0.4 is 5.32 Å². The van der Waals surface area contributed by atoms with Crippen LogP contribution in [-0.2, 0) is 20.9 Å². The zero-order valence-electron chi connectivity index (χ0n) is 14.0. The third-order valence-electron chi connectivity index (χ3n) is 2.77. The molecule has 0 bridgehead atoms. The molecule has 1 aromatic carbocycles. The summed E-state index contributed by atoms with van der Waals surface area (Å²) in [5.41, 5.74) is 0.0902. The molecule has 8 nitrogen and oxygen atoms in total. The SMILES string of the molecule is CC(C)(C)OC(=O)NCCCC(=O)OCc1ccc([N+](=O)[O-])cc1. The first-order chi connectivity index (χ1) is 11.2. The number of carbonyl (C=O) groups is 2. The van der Waals surface area contributed by atoms with E-state index in [9.17, 15) is 19.7 Å². The van der Waals surface area contributed by atoms with Gasteiger partial charge in [0, 0.05) is 25.1 Å². The van der Waals surface area contributed by atoms with E-state index in [2.05, 4.69) is 5.32 Å². The van der Waals surface area contributed by atoms with Crippen LogP contribution in [0.25, 0.3) is 0 Å². The van der Waals surface area contributed by atoms with Crippen molar-refractivity contribution in [2.45, 2.75) is 45.8 Å².